The molecule has 0 N–H and O–H groups in total. The Morgan fingerprint density at radius 2 is 0.971 bits per heavy atom. The Labute approximate surface area is 204 Å². The van der Waals surface area contributed by atoms with Crippen LogP contribution in [0.5, 0.6) is 11.5 Å². The fraction of sp³-hybridized carbons (Fsp3) is 0.0769. The molecule has 0 aliphatic heterocycles. The van der Waals surface area contributed by atoms with Crippen molar-refractivity contribution in [3.63, 3.8) is 0 Å². The van der Waals surface area contributed by atoms with Gasteiger partial charge in [-0.15, -0.1) is 0 Å². The van der Waals surface area contributed by atoms with Gasteiger partial charge in [-0.05, 0) is 56.9 Å². The molecule has 4 rings (SSSR count). The van der Waals surface area contributed by atoms with E-state index >= 15 is 0 Å². The van der Waals surface area contributed by atoms with Crippen LogP contribution in [0.4, 0.5) is 0 Å². The molecule has 0 aliphatic rings. The first-order chi connectivity index (χ1) is 16.2. The summed E-state index contributed by atoms with van der Waals surface area (Å²) in [6.45, 7) is 2.37. The third kappa shape index (κ3) is 4.25. The number of carbonyl (C=O) groups is 4. The number of carbonyl (C=O) groups excluding carboxylic acids is 4. The minimum Gasteiger partial charge on any atom is -0.425 e. The zero-order valence-electron chi connectivity index (χ0n) is 18.0. The molecule has 6 nitrogen and oxygen atoms in total. The van der Waals surface area contributed by atoms with E-state index < -0.39 is 22.4 Å². The molecule has 34 heavy (non-hydrogen) atoms. The zero-order chi connectivity index (χ0) is 24.6. The first-order valence-electron chi connectivity index (χ1n) is 10.1. The van der Waals surface area contributed by atoms with Crippen molar-refractivity contribution in [2.24, 2.45) is 0 Å². The van der Waals surface area contributed by atoms with E-state index in [1.54, 1.807) is 48.5 Å². The number of esters is 2. The molecule has 0 unspecified atom stereocenters. The maximum Gasteiger partial charge on any atom is 0.308 e. The van der Waals surface area contributed by atoms with Gasteiger partial charge in [0.15, 0.2) is 11.5 Å². The molecule has 8 heteroatoms. The zero-order valence-corrected chi connectivity index (χ0v) is 19.5. The van der Waals surface area contributed by atoms with E-state index in [1.807, 2.05) is 0 Å². The number of benzene rings is 4. The minimum atomic E-state index is -0.855. The Hall–Kier alpha value is -3.74. The summed E-state index contributed by atoms with van der Waals surface area (Å²) in [5.41, 5.74) is 0.381. The Bertz CT molecular complexity index is 1410. The number of halogens is 2. The molecule has 170 valence electrons. The summed E-state index contributed by atoms with van der Waals surface area (Å²) >= 11 is 11.8. The van der Waals surface area contributed by atoms with E-state index in [-0.39, 0.29) is 33.8 Å². The van der Waals surface area contributed by atoms with Gasteiger partial charge in [0.1, 0.15) is 0 Å². The Kier molecular flexibility index (Phi) is 6.37. The Balaban J connectivity index is 2.33. The molecule has 0 heterocycles. The van der Waals surface area contributed by atoms with Crippen LogP contribution in [0.25, 0.3) is 32.7 Å². The SMILES string of the molecule is CC(=O)Oc1c(C(=O)Cl)cc2ccccc2c1-c1c(OC(C)=O)c(C(=O)Cl)cc2ccccc12. The summed E-state index contributed by atoms with van der Waals surface area (Å²) < 4.78 is 11.0. The molecule has 0 saturated carbocycles. The fourth-order valence-electron chi connectivity index (χ4n) is 3.95. The second kappa shape index (κ2) is 9.25. The summed E-state index contributed by atoms with van der Waals surface area (Å²) in [6, 6.07) is 17.1. The van der Waals surface area contributed by atoms with Gasteiger partial charge < -0.3 is 9.47 Å². The van der Waals surface area contributed by atoms with Crippen molar-refractivity contribution in [2.75, 3.05) is 0 Å². The van der Waals surface area contributed by atoms with E-state index in [0.29, 0.717) is 21.5 Å². The topological polar surface area (TPSA) is 86.7 Å². The van der Waals surface area contributed by atoms with Crippen LogP contribution in [0, 0.1) is 0 Å². The third-order valence-electron chi connectivity index (χ3n) is 5.17. The van der Waals surface area contributed by atoms with Crippen molar-refractivity contribution in [1.29, 1.82) is 0 Å². The van der Waals surface area contributed by atoms with Crippen LogP contribution in [-0.4, -0.2) is 22.4 Å². The molecule has 0 spiro atoms. The molecular formula is C26H16Cl2O6. The van der Waals surface area contributed by atoms with Crippen molar-refractivity contribution < 1.29 is 28.7 Å². The van der Waals surface area contributed by atoms with Crippen LogP contribution in [0.2, 0.25) is 0 Å². The number of hydrogen-bond donors (Lipinski definition) is 0. The average Bonchev–Trinajstić information content (AvgIpc) is 2.77. The highest BCUT2D eigenvalue weighted by atomic mass is 35.5. The first-order valence-corrected chi connectivity index (χ1v) is 10.8. The van der Waals surface area contributed by atoms with Crippen LogP contribution in [0.15, 0.2) is 60.7 Å². The number of ether oxygens (including phenoxy) is 2. The normalized spacial score (nSPS) is 10.8. The van der Waals surface area contributed by atoms with E-state index in [4.69, 9.17) is 32.7 Å². The molecule has 0 radical (unpaired) electrons. The van der Waals surface area contributed by atoms with Gasteiger partial charge in [-0.1, -0.05) is 48.5 Å². The van der Waals surface area contributed by atoms with Gasteiger partial charge in [0.05, 0.1) is 11.1 Å². The lowest BCUT2D eigenvalue weighted by Gasteiger charge is -2.21. The van der Waals surface area contributed by atoms with Crippen LogP contribution >= 0.6 is 23.2 Å². The van der Waals surface area contributed by atoms with E-state index in [2.05, 4.69) is 0 Å². The second-order valence-electron chi connectivity index (χ2n) is 7.43. The highest BCUT2D eigenvalue weighted by Gasteiger charge is 2.28. The summed E-state index contributed by atoms with van der Waals surface area (Å²) in [6.07, 6.45) is 0. The molecular weight excluding hydrogens is 479 g/mol. The predicted octanol–water partition coefficient (Wildman–Crippen LogP) is 6.27. The van der Waals surface area contributed by atoms with E-state index in [0.717, 1.165) is 0 Å². The molecule has 4 aromatic carbocycles. The standard InChI is InChI=1S/C26H16Cl2O6/c1-13(29)33-23-19(25(27)31)11-15-7-3-5-9-17(15)21(23)22-18-10-6-4-8-16(18)12-20(26(28)32)24(22)34-14(2)30/h3-12H,1-2H3. The highest BCUT2D eigenvalue weighted by molar-refractivity contribution is 6.68. The first kappa shape index (κ1) is 23.4. The van der Waals surface area contributed by atoms with Crippen molar-refractivity contribution in [3.8, 4) is 22.6 Å². The monoisotopic (exact) mass is 494 g/mol. The van der Waals surface area contributed by atoms with E-state index in [9.17, 15) is 19.2 Å². The smallest absolute Gasteiger partial charge is 0.308 e. The molecule has 0 saturated heterocycles. The third-order valence-corrected chi connectivity index (χ3v) is 5.58. The summed E-state index contributed by atoms with van der Waals surface area (Å²) in [5.74, 6) is -1.63. The molecule has 4 aromatic rings. The maximum absolute atomic E-state index is 12.4. The van der Waals surface area contributed by atoms with Crippen LogP contribution < -0.4 is 9.47 Å². The van der Waals surface area contributed by atoms with Crippen LogP contribution in [0.1, 0.15) is 34.6 Å². The summed E-state index contributed by atoms with van der Waals surface area (Å²) in [7, 11) is 0. The minimum absolute atomic E-state index is 0.0639. The average molecular weight is 495 g/mol. The molecule has 0 aliphatic carbocycles. The van der Waals surface area contributed by atoms with Gasteiger partial charge >= 0.3 is 11.9 Å². The molecule has 0 fully saturated rings. The molecule has 0 bridgehead atoms. The summed E-state index contributed by atoms with van der Waals surface area (Å²) in [4.78, 5) is 48.9. The van der Waals surface area contributed by atoms with Gasteiger partial charge in [0, 0.05) is 25.0 Å². The van der Waals surface area contributed by atoms with Crippen molar-refractivity contribution in [2.45, 2.75) is 13.8 Å². The van der Waals surface area contributed by atoms with Crippen LogP contribution in [0.3, 0.4) is 0 Å². The maximum atomic E-state index is 12.4. The lowest BCUT2D eigenvalue weighted by atomic mass is 9.89. The van der Waals surface area contributed by atoms with Gasteiger partial charge in [-0.25, -0.2) is 0 Å². The lowest BCUT2D eigenvalue weighted by molar-refractivity contribution is -0.132. The highest BCUT2D eigenvalue weighted by Crippen LogP contribution is 2.49. The molecule has 0 atom stereocenters. The van der Waals surface area contributed by atoms with Crippen molar-refractivity contribution in [1.82, 2.24) is 0 Å². The largest absolute Gasteiger partial charge is 0.425 e. The molecule has 0 amide bonds. The quantitative estimate of drug-likeness (QED) is 0.184. The predicted molar refractivity (Wildman–Crippen MR) is 130 cm³/mol. The number of hydrogen-bond acceptors (Lipinski definition) is 6. The Morgan fingerprint density at radius 1 is 0.618 bits per heavy atom. The second-order valence-corrected chi connectivity index (χ2v) is 8.12. The molecule has 0 aromatic heterocycles. The lowest BCUT2D eigenvalue weighted by Crippen LogP contribution is -2.10. The van der Waals surface area contributed by atoms with Gasteiger partial charge in [-0.3, -0.25) is 19.2 Å². The van der Waals surface area contributed by atoms with Gasteiger partial charge in [0.2, 0.25) is 0 Å². The number of fused-ring (bicyclic) bond motifs is 2. The van der Waals surface area contributed by atoms with Gasteiger partial charge in [0.25, 0.3) is 10.5 Å². The Morgan fingerprint density at radius 3 is 1.29 bits per heavy atom. The summed E-state index contributed by atoms with van der Waals surface area (Å²) in [5, 5.41) is 0.643. The fourth-order valence-corrected chi connectivity index (χ4v) is 4.23. The van der Waals surface area contributed by atoms with E-state index in [1.165, 1.54) is 26.0 Å². The van der Waals surface area contributed by atoms with Crippen LogP contribution in [-0.2, 0) is 9.59 Å². The van der Waals surface area contributed by atoms with Gasteiger partial charge in [-0.2, -0.15) is 0 Å². The van der Waals surface area contributed by atoms with Crippen molar-refractivity contribution >= 4 is 67.2 Å². The number of rotatable bonds is 5. The van der Waals surface area contributed by atoms with Crippen molar-refractivity contribution in [3.05, 3.63) is 71.8 Å².